The molecule has 0 rings (SSSR count). The van der Waals surface area contributed by atoms with Crippen LogP contribution in [0.4, 0.5) is 0 Å². The van der Waals surface area contributed by atoms with Crippen molar-refractivity contribution in [2.75, 3.05) is 13.2 Å². The fraction of sp³-hybridized carbons (Fsp3) is 0.935. The summed E-state index contributed by atoms with van der Waals surface area (Å²) in [5, 5.41) is 0. The van der Waals surface area contributed by atoms with Gasteiger partial charge in [-0.15, -0.1) is 0 Å². The van der Waals surface area contributed by atoms with Crippen LogP contribution in [0.5, 0.6) is 0 Å². The summed E-state index contributed by atoms with van der Waals surface area (Å²) in [6.07, 6.45) is 39.5. The summed E-state index contributed by atoms with van der Waals surface area (Å²) in [4.78, 5) is 37.6. The third-order valence-electron chi connectivity index (χ3n) is 10.3. The molecule has 308 valence electrons. The molecule has 52 heavy (non-hydrogen) atoms. The first-order valence-electron chi connectivity index (χ1n) is 22.9. The topological polar surface area (TPSA) is 78.9 Å². The Bertz CT molecular complexity index is 781. The van der Waals surface area contributed by atoms with Crippen LogP contribution < -0.4 is 0 Å². The first kappa shape index (κ1) is 50.4. The van der Waals surface area contributed by atoms with Crippen LogP contribution in [-0.2, 0) is 28.6 Å². The van der Waals surface area contributed by atoms with Crippen molar-refractivity contribution in [3.8, 4) is 0 Å². The molecule has 0 amide bonds. The van der Waals surface area contributed by atoms with E-state index in [-0.39, 0.29) is 31.1 Å². The summed E-state index contributed by atoms with van der Waals surface area (Å²) in [6, 6.07) is 0. The maximum atomic E-state index is 12.7. The number of hydrogen-bond donors (Lipinski definition) is 0. The Morgan fingerprint density at radius 3 is 0.942 bits per heavy atom. The molecule has 0 aliphatic rings. The zero-order valence-corrected chi connectivity index (χ0v) is 35.3. The molecule has 0 aromatic carbocycles. The van der Waals surface area contributed by atoms with Crippen LogP contribution in [0.1, 0.15) is 252 Å². The van der Waals surface area contributed by atoms with E-state index in [1.165, 1.54) is 148 Å². The molecule has 0 fully saturated rings. The Morgan fingerprint density at radius 2 is 0.635 bits per heavy atom. The Kier molecular flexibility index (Phi) is 39.4. The quantitative estimate of drug-likeness (QED) is 0.0353. The van der Waals surface area contributed by atoms with Gasteiger partial charge in [-0.3, -0.25) is 14.4 Å². The Balaban J connectivity index is 4.23. The van der Waals surface area contributed by atoms with Crippen molar-refractivity contribution in [2.24, 2.45) is 5.92 Å². The molecule has 0 aliphatic carbocycles. The second-order valence-corrected chi connectivity index (χ2v) is 16.2. The van der Waals surface area contributed by atoms with Crippen LogP contribution in [0, 0.1) is 5.92 Å². The van der Waals surface area contributed by atoms with Crippen LogP contribution >= 0.6 is 0 Å². The van der Waals surface area contributed by atoms with E-state index >= 15 is 0 Å². The van der Waals surface area contributed by atoms with Crippen molar-refractivity contribution in [3.63, 3.8) is 0 Å². The molecule has 6 nitrogen and oxygen atoms in total. The zero-order valence-electron chi connectivity index (χ0n) is 35.3. The van der Waals surface area contributed by atoms with Crippen molar-refractivity contribution in [1.29, 1.82) is 0 Å². The van der Waals surface area contributed by atoms with E-state index in [1.54, 1.807) is 0 Å². The van der Waals surface area contributed by atoms with E-state index in [4.69, 9.17) is 14.2 Å². The average Bonchev–Trinajstić information content (AvgIpc) is 3.12. The molecule has 0 aliphatic heterocycles. The lowest BCUT2D eigenvalue weighted by Gasteiger charge is -2.18. The second kappa shape index (κ2) is 40.6. The molecule has 0 radical (unpaired) electrons. The molecule has 0 saturated heterocycles. The van der Waals surface area contributed by atoms with Gasteiger partial charge >= 0.3 is 17.9 Å². The molecule has 6 heteroatoms. The Labute approximate surface area is 323 Å². The van der Waals surface area contributed by atoms with E-state index in [2.05, 4.69) is 27.7 Å². The van der Waals surface area contributed by atoms with Gasteiger partial charge in [-0.1, -0.05) is 214 Å². The highest BCUT2D eigenvalue weighted by Crippen LogP contribution is 2.16. The van der Waals surface area contributed by atoms with Crippen LogP contribution in [0.2, 0.25) is 0 Å². The number of carbonyl (C=O) groups is 3. The highest BCUT2D eigenvalue weighted by atomic mass is 16.6. The normalized spacial score (nSPS) is 11.9. The minimum absolute atomic E-state index is 0.0640. The average molecular weight is 737 g/mol. The first-order valence-corrected chi connectivity index (χ1v) is 22.9. The molecule has 0 aromatic rings. The van der Waals surface area contributed by atoms with Gasteiger partial charge in [0, 0.05) is 19.3 Å². The molecular formula is C46H88O6. The molecule has 0 spiro atoms. The monoisotopic (exact) mass is 737 g/mol. The summed E-state index contributed by atoms with van der Waals surface area (Å²) < 4.78 is 16.7. The number of rotatable bonds is 41. The summed E-state index contributed by atoms with van der Waals surface area (Å²) in [7, 11) is 0. The standard InChI is InChI=1S/C46H88O6/c1-5-7-9-11-13-14-18-23-27-31-35-39-46(49)52-43(40-50-44(47)37-33-29-24-12-10-8-6-2)41-51-45(48)38-34-30-26-22-20-17-15-16-19-21-25-28-32-36-42(3)4/h42-43H,5-41H2,1-4H3/t43-/m1/s1. The predicted molar refractivity (Wildman–Crippen MR) is 220 cm³/mol. The number of esters is 3. The van der Waals surface area contributed by atoms with E-state index < -0.39 is 6.10 Å². The van der Waals surface area contributed by atoms with Crippen LogP contribution in [0.15, 0.2) is 0 Å². The summed E-state index contributed by atoms with van der Waals surface area (Å²) in [6.45, 7) is 8.96. The third-order valence-corrected chi connectivity index (χ3v) is 10.3. The Hall–Kier alpha value is -1.59. The fourth-order valence-electron chi connectivity index (χ4n) is 6.80. The van der Waals surface area contributed by atoms with Gasteiger partial charge in [0.1, 0.15) is 13.2 Å². The van der Waals surface area contributed by atoms with Gasteiger partial charge in [-0.05, 0) is 25.2 Å². The fourth-order valence-corrected chi connectivity index (χ4v) is 6.80. The molecule has 0 unspecified atom stereocenters. The van der Waals surface area contributed by atoms with Crippen molar-refractivity contribution in [1.82, 2.24) is 0 Å². The molecule has 1 atom stereocenters. The van der Waals surface area contributed by atoms with Crippen LogP contribution in [0.3, 0.4) is 0 Å². The predicted octanol–water partition coefficient (Wildman–Crippen LogP) is 14.3. The number of hydrogen-bond acceptors (Lipinski definition) is 6. The summed E-state index contributed by atoms with van der Waals surface area (Å²) >= 11 is 0. The summed E-state index contributed by atoms with van der Waals surface area (Å²) in [5.41, 5.74) is 0. The number of carbonyl (C=O) groups excluding carboxylic acids is 3. The maximum absolute atomic E-state index is 12.7. The van der Waals surface area contributed by atoms with Gasteiger partial charge in [0.2, 0.25) is 0 Å². The van der Waals surface area contributed by atoms with Crippen molar-refractivity contribution in [3.05, 3.63) is 0 Å². The smallest absolute Gasteiger partial charge is 0.306 e. The Morgan fingerprint density at radius 1 is 0.365 bits per heavy atom. The van der Waals surface area contributed by atoms with Crippen LogP contribution in [-0.4, -0.2) is 37.2 Å². The van der Waals surface area contributed by atoms with Gasteiger partial charge in [-0.25, -0.2) is 0 Å². The van der Waals surface area contributed by atoms with E-state index in [0.717, 1.165) is 63.7 Å². The molecule has 0 saturated carbocycles. The largest absolute Gasteiger partial charge is 0.462 e. The van der Waals surface area contributed by atoms with E-state index in [0.29, 0.717) is 19.3 Å². The zero-order chi connectivity index (χ0) is 38.2. The minimum Gasteiger partial charge on any atom is -0.462 e. The lowest BCUT2D eigenvalue weighted by molar-refractivity contribution is -0.167. The minimum atomic E-state index is -0.757. The maximum Gasteiger partial charge on any atom is 0.306 e. The second-order valence-electron chi connectivity index (χ2n) is 16.2. The van der Waals surface area contributed by atoms with Crippen molar-refractivity contribution in [2.45, 2.75) is 259 Å². The van der Waals surface area contributed by atoms with Crippen molar-refractivity contribution < 1.29 is 28.6 Å². The highest BCUT2D eigenvalue weighted by Gasteiger charge is 2.19. The van der Waals surface area contributed by atoms with Gasteiger partial charge < -0.3 is 14.2 Å². The third kappa shape index (κ3) is 39.6. The molecule has 0 bridgehead atoms. The molecule has 0 heterocycles. The first-order chi connectivity index (χ1) is 25.4. The van der Waals surface area contributed by atoms with E-state index in [9.17, 15) is 14.4 Å². The SMILES string of the molecule is CCCCCCCCCCCCCC(=O)O[C@H](COC(=O)CCCCCCCCC)COC(=O)CCCCCCCCCCCCCCCC(C)C. The van der Waals surface area contributed by atoms with Crippen LogP contribution in [0.25, 0.3) is 0 Å². The van der Waals surface area contributed by atoms with Gasteiger partial charge in [0.05, 0.1) is 0 Å². The van der Waals surface area contributed by atoms with E-state index in [1.807, 2.05) is 0 Å². The number of ether oxygens (including phenoxy) is 3. The van der Waals surface area contributed by atoms with Crippen molar-refractivity contribution >= 4 is 17.9 Å². The highest BCUT2D eigenvalue weighted by molar-refractivity contribution is 5.71. The summed E-state index contributed by atoms with van der Waals surface area (Å²) in [5.74, 6) is -0.0205. The van der Waals surface area contributed by atoms with Gasteiger partial charge in [0.25, 0.3) is 0 Å². The van der Waals surface area contributed by atoms with Gasteiger partial charge in [-0.2, -0.15) is 0 Å². The number of unbranched alkanes of at least 4 members (excludes halogenated alkanes) is 28. The lowest BCUT2D eigenvalue weighted by atomic mass is 10.0. The molecule has 0 aromatic heterocycles. The van der Waals surface area contributed by atoms with Gasteiger partial charge in [0.15, 0.2) is 6.10 Å². The lowest BCUT2D eigenvalue weighted by Crippen LogP contribution is -2.30. The molecule has 0 N–H and O–H groups in total. The molecular weight excluding hydrogens is 648 g/mol.